The average Bonchev–Trinajstić information content (AvgIpc) is 3.24. The lowest BCUT2D eigenvalue weighted by atomic mass is 9.87. The van der Waals surface area contributed by atoms with Crippen LogP contribution in [0.25, 0.3) is 0 Å². The lowest BCUT2D eigenvalue weighted by Gasteiger charge is -2.27. The predicted octanol–water partition coefficient (Wildman–Crippen LogP) is 5.48. The summed E-state index contributed by atoms with van der Waals surface area (Å²) in [5, 5.41) is 2.72. The fourth-order valence-corrected chi connectivity index (χ4v) is 6.09. The van der Waals surface area contributed by atoms with Crippen molar-refractivity contribution in [1.29, 1.82) is 0 Å². The summed E-state index contributed by atoms with van der Waals surface area (Å²) in [4.78, 5) is 13.3. The van der Waals surface area contributed by atoms with Gasteiger partial charge in [-0.1, -0.05) is 69.3 Å². The molecule has 1 aliphatic rings. The number of carbonyl (C=O) groups excluding carboxylic acids is 1. The summed E-state index contributed by atoms with van der Waals surface area (Å²) in [5.74, 6) is -0.502. The number of nitrogens with one attached hydrogen (secondary N) is 1. The molecule has 1 N–H and O–H groups in total. The highest BCUT2D eigenvalue weighted by Crippen LogP contribution is 2.37. The van der Waals surface area contributed by atoms with Crippen molar-refractivity contribution >= 4 is 21.6 Å². The van der Waals surface area contributed by atoms with E-state index in [1.54, 1.807) is 54.6 Å². The van der Waals surface area contributed by atoms with Gasteiger partial charge in [-0.15, -0.1) is 0 Å². The standard InChI is InChI=1S/C28H29F3N2O3S/c1-27(2,3)21-11-13-23(14-12-21)37(35,36)33-24-10-5-4-8-20(24)18-25(33)26(34)32-16-15-19-7-6-9-22(17-19)28(29,30)31/h4-14,17,25H,15-16,18H2,1-3H3,(H,32,34)/t25-/m0/s1. The van der Waals surface area contributed by atoms with Gasteiger partial charge in [0.15, 0.2) is 0 Å². The van der Waals surface area contributed by atoms with Gasteiger partial charge in [-0.05, 0) is 52.8 Å². The molecule has 1 atom stereocenters. The van der Waals surface area contributed by atoms with Crippen LogP contribution in [0.5, 0.6) is 0 Å². The summed E-state index contributed by atoms with van der Waals surface area (Å²) in [6.07, 6.45) is -4.07. The number of hydrogen-bond acceptors (Lipinski definition) is 3. The van der Waals surface area contributed by atoms with E-state index in [1.807, 2.05) is 20.8 Å². The number of alkyl halides is 3. The maximum atomic E-state index is 13.7. The van der Waals surface area contributed by atoms with E-state index < -0.39 is 33.7 Å². The smallest absolute Gasteiger partial charge is 0.354 e. The summed E-state index contributed by atoms with van der Waals surface area (Å²) in [6.45, 7) is 6.17. The molecule has 5 nitrogen and oxygen atoms in total. The summed E-state index contributed by atoms with van der Waals surface area (Å²) in [7, 11) is -4.06. The molecule has 0 radical (unpaired) electrons. The number of carbonyl (C=O) groups is 1. The number of nitrogens with zero attached hydrogens (tertiary/aromatic N) is 1. The highest BCUT2D eigenvalue weighted by Gasteiger charge is 2.42. The van der Waals surface area contributed by atoms with E-state index in [1.165, 1.54) is 6.07 Å². The van der Waals surface area contributed by atoms with Crippen molar-refractivity contribution in [2.24, 2.45) is 0 Å². The minimum Gasteiger partial charge on any atom is -0.354 e. The van der Waals surface area contributed by atoms with Crippen molar-refractivity contribution in [3.8, 4) is 0 Å². The SMILES string of the molecule is CC(C)(C)c1ccc(S(=O)(=O)N2c3ccccc3C[C@H]2C(=O)NCCc2cccc(C(F)(F)F)c2)cc1. The fourth-order valence-electron chi connectivity index (χ4n) is 4.45. The van der Waals surface area contributed by atoms with Crippen molar-refractivity contribution < 1.29 is 26.4 Å². The normalized spacial score (nSPS) is 15.9. The Hall–Kier alpha value is -3.33. The summed E-state index contributed by atoms with van der Waals surface area (Å²) in [5.41, 5.74) is 1.68. The highest BCUT2D eigenvalue weighted by atomic mass is 32.2. The first-order valence-corrected chi connectivity index (χ1v) is 13.4. The van der Waals surface area contributed by atoms with Crippen molar-refractivity contribution in [1.82, 2.24) is 5.32 Å². The Balaban J connectivity index is 1.55. The van der Waals surface area contributed by atoms with Crippen LogP contribution in [-0.2, 0) is 39.3 Å². The first-order chi connectivity index (χ1) is 17.3. The number of rotatable bonds is 6. The lowest BCUT2D eigenvalue weighted by Crippen LogP contribution is -2.48. The summed E-state index contributed by atoms with van der Waals surface area (Å²) in [6, 6.07) is 17.6. The number of benzene rings is 3. The van der Waals surface area contributed by atoms with Gasteiger partial charge in [0.25, 0.3) is 10.0 Å². The molecule has 0 spiro atoms. The Bertz CT molecular complexity index is 1400. The minimum atomic E-state index is -4.45. The molecule has 1 amide bonds. The number of halogens is 3. The molecule has 196 valence electrons. The van der Waals surface area contributed by atoms with Gasteiger partial charge in [-0.25, -0.2) is 8.42 Å². The zero-order valence-electron chi connectivity index (χ0n) is 20.8. The molecule has 0 unspecified atom stereocenters. The Labute approximate surface area is 215 Å². The quantitative estimate of drug-likeness (QED) is 0.459. The fraction of sp³-hybridized carbons (Fsp3) is 0.321. The van der Waals surface area contributed by atoms with Crippen LogP contribution in [0.3, 0.4) is 0 Å². The van der Waals surface area contributed by atoms with Crippen molar-refractivity contribution in [2.75, 3.05) is 10.8 Å². The summed E-state index contributed by atoms with van der Waals surface area (Å²) >= 11 is 0. The maximum absolute atomic E-state index is 13.7. The Morgan fingerprint density at radius 1 is 0.946 bits per heavy atom. The van der Waals surface area contributed by atoms with Crippen molar-refractivity contribution in [2.45, 2.75) is 56.1 Å². The molecule has 37 heavy (non-hydrogen) atoms. The van der Waals surface area contributed by atoms with Crippen LogP contribution in [0, 0.1) is 0 Å². The number of amides is 1. The minimum absolute atomic E-state index is 0.0706. The molecule has 0 bridgehead atoms. The van der Waals surface area contributed by atoms with Crippen LogP contribution in [0.15, 0.2) is 77.7 Å². The van der Waals surface area contributed by atoms with E-state index in [2.05, 4.69) is 5.32 Å². The maximum Gasteiger partial charge on any atom is 0.416 e. The lowest BCUT2D eigenvalue weighted by molar-refractivity contribution is -0.137. The van der Waals surface area contributed by atoms with Gasteiger partial charge in [0.05, 0.1) is 16.1 Å². The zero-order valence-corrected chi connectivity index (χ0v) is 21.7. The zero-order chi connectivity index (χ0) is 27.0. The molecule has 1 aliphatic heterocycles. The van der Waals surface area contributed by atoms with Crippen molar-refractivity contribution in [3.63, 3.8) is 0 Å². The molecule has 9 heteroatoms. The van der Waals surface area contributed by atoms with Crippen LogP contribution >= 0.6 is 0 Å². The highest BCUT2D eigenvalue weighted by molar-refractivity contribution is 7.93. The third-order valence-electron chi connectivity index (χ3n) is 6.47. The van der Waals surface area contributed by atoms with Gasteiger partial charge in [0.1, 0.15) is 6.04 Å². The van der Waals surface area contributed by atoms with Crippen LogP contribution in [0.4, 0.5) is 18.9 Å². The van der Waals surface area contributed by atoms with Gasteiger partial charge in [-0.2, -0.15) is 13.2 Å². The molecule has 0 saturated carbocycles. The largest absolute Gasteiger partial charge is 0.416 e. The number of fused-ring (bicyclic) bond motifs is 1. The number of sulfonamides is 1. The molecule has 4 rings (SSSR count). The third kappa shape index (κ3) is 5.66. The van der Waals surface area contributed by atoms with E-state index in [-0.39, 0.29) is 29.7 Å². The van der Waals surface area contributed by atoms with Crippen LogP contribution in [-0.4, -0.2) is 26.9 Å². The van der Waals surface area contributed by atoms with Crippen LogP contribution in [0.1, 0.15) is 43.0 Å². The number of hydrogen-bond donors (Lipinski definition) is 1. The van der Waals surface area contributed by atoms with E-state index in [0.717, 1.165) is 27.6 Å². The average molecular weight is 531 g/mol. The van der Waals surface area contributed by atoms with Gasteiger partial charge in [-0.3, -0.25) is 9.10 Å². The Morgan fingerprint density at radius 3 is 2.27 bits per heavy atom. The second-order valence-corrected chi connectivity index (χ2v) is 12.0. The molecule has 0 saturated heterocycles. The van der Waals surface area contributed by atoms with E-state index in [0.29, 0.717) is 11.3 Å². The molecule has 1 heterocycles. The molecule has 0 aromatic heterocycles. The first kappa shape index (κ1) is 26.7. The van der Waals surface area contributed by atoms with E-state index in [9.17, 15) is 26.4 Å². The van der Waals surface area contributed by atoms with Gasteiger partial charge >= 0.3 is 6.18 Å². The van der Waals surface area contributed by atoms with Gasteiger partial charge in [0, 0.05) is 13.0 Å². The molecular formula is C28H29F3N2O3S. The summed E-state index contributed by atoms with van der Waals surface area (Å²) < 4.78 is 67.6. The molecular weight excluding hydrogens is 501 g/mol. The Kier molecular flexibility index (Phi) is 7.12. The number of para-hydroxylation sites is 1. The van der Waals surface area contributed by atoms with E-state index >= 15 is 0 Å². The third-order valence-corrected chi connectivity index (χ3v) is 8.31. The Morgan fingerprint density at radius 2 is 1.62 bits per heavy atom. The number of anilines is 1. The second kappa shape index (κ2) is 9.85. The van der Waals surface area contributed by atoms with Gasteiger partial charge < -0.3 is 5.32 Å². The molecule has 0 fully saturated rings. The second-order valence-electron chi connectivity index (χ2n) is 10.2. The van der Waals surface area contributed by atoms with Gasteiger partial charge in [0.2, 0.25) is 5.91 Å². The first-order valence-electron chi connectivity index (χ1n) is 12.0. The topological polar surface area (TPSA) is 66.5 Å². The van der Waals surface area contributed by atoms with Crippen molar-refractivity contribution in [3.05, 3.63) is 95.1 Å². The molecule has 3 aromatic carbocycles. The van der Waals surface area contributed by atoms with Crippen LogP contribution < -0.4 is 9.62 Å². The van der Waals surface area contributed by atoms with Crippen LogP contribution in [0.2, 0.25) is 0 Å². The molecule has 3 aromatic rings. The monoisotopic (exact) mass is 530 g/mol. The molecule has 0 aliphatic carbocycles. The predicted molar refractivity (Wildman–Crippen MR) is 137 cm³/mol. The van der Waals surface area contributed by atoms with E-state index in [4.69, 9.17) is 0 Å².